The number of carbonyl (C=O) groups excluding carboxylic acids is 4. The Morgan fingerprint density at radius 3 is 1.34 bits per heavy atom. The van der Waals surface area contributed by atoms with Gasteiger partial charge in [-0.2, -0.15) is 0 Å². The lowest BCUT2D eigenvalue weighted by molar-refractivity contribution is -0.123. The van der Waals surface area contributed by atoms with Gasteiger partial charge in [-0.3, -0.25) is 28.3 Å². The number of hydrogen-bond acceptors (Lipinski definition) is 6. The number of nitrogens with zero attached hydrogens (tertiary/aromatic N) is 8. The Morgan fingerprint density at radius 2 is 0.856 bits per heavy atom. The summed E-state index contributed by atoms with van der Waals surface area (Å²) in [6.07, 6.45) is 8.53. The molecule has 4 amide bonds. The van der Waals surface area contributed by atoms with Crippen molar-refractivity contribution in [3.8, 4) is 34.0 Å². The summed E-state index contributed by atoms with van der Waals surface area (Å²) in [4.78, 5) is 81.3. The van der Waals surface area contributed by atoms with Crippen LogP contribution in [0.15, 0.2) is 243 Å². The number of aromatic amines is 2. The Balaban J connectivity index is 0.000000170. The number of imidazole rings is 2. The summed E-state index contributed by atoms with van der Waals surface area (Å²) in [5.41, 5.74) is 12.4. The zero-order valence-electron chi connectivity index (χ0n) is 51.4. The number of carbonyl (C=O) groups is 4. The van der Waals surface area contributed by atoms with Crippen molar-refractivity contribution in [3.63, 3.8) is 0 Å². The van der Waals surface area contributed by atoms with Crippen LogP contribution in [0.25, 0.3) is 55.8 Å². The van der Waals surface area contributed by atoms with E-state index in [1.807, 2.05) is 260 Å². The maximum absolute atomic E-state index is 14.8. The predicted octanol–water partition coefficient (Wildman–Crippen LogP) is 15.3. The van der Waals surface area contributed by atoms with Gasteiger partial charge in [-0.1, -0.05) is 172 Å². The molecule has 2 aliphatic rings. The van der Waals surface area contributed by atoms with E-state index in [0.29, 0.717) is 30.0 Å². The second-order valence-corrected chi connectivity index (χ2v) is 22.9. The summed E-state index contributed by atoms with van der Waals surface area (Å²) in [7, 11) is 0. The normalized spacial score (nSPS) is 14.1. The van der Waals surface area contributed by atoms with Gasteiger partial charge >= 0.3 is 0 Å². The van der Waals surface area contributed by atoms with E-state index in [1.54, 1.807) is 19.6 Å². The first-order valence-electron chi connectivity index (χ1n) is 30.9. The average molecular weight is 1190 g/mol. The number of anilines is 4. The second kappa shape index (κ2) is 26.2. The van der Waals surface area contributed by atoms with Gasteiger partial charge in [-0.15, -0.1) is 0 Å². The van der Waals surface area contributed by atoms with Gasteiger partial charge in [-0.25, -0.2) is 9.97 Å². The molecule has 0 spiro atoms. The minimum atomic E-state index is -0.629. The molecule has 2 N–H and O–H groups in total. The lowest BCUT2D eigenvalue weighted by Crippen LogP contribution is -2.47. The largest absolute Gasteiger partial charge is 0.361 e. The van der Waals surface area contributed by atoms with E-state index in [-0.39, 0.29) is 48.8 Å². The van der Waals surface area contributed by atoms with Gasteiger partial charge in [0.05, 0.1) is 52.4 Å². The molecular formula is C76H72N10O4. The predicted molar refractivity (Wildman–Crippen MR) is 362 cm³/mol. The molecule has 12 aromatic rings. The first kappa shape index (κ1) is 59.5. The molecule has 2 aliphatic heterocycles. The first-order valence-corrected chi connectivity index (χ1v) is 30.9. The molecule has 4 aromatic heterocycles. The lowest BCUT2D eigenvalue weighted by Gasteiger charge is -2.31. The number of aromatic nitrogens is 6. The van der Waals surface area contributed by atoms with E-state index >= 15 is 0 Å². The van der Waals surface area contributed by atoms with Crippen molar-refractivity contribution in [1.82, 2.24) is 29.1 Å². The summed E-state index contributed by atoms with van der Waals surface area (Å²) in [5, 5.41) is 2.15. The summed E-state index contributed by atoms with van der Waals surface area (Å²) in [6, 6.07) is 71.1. The first-order chi connectivity index (χ1) is 44.0. The van der Waals surface area contributed by atoms with E-state index in [9.17, 15) is 19.2 Å². The Bertz CT molecular complexity index is 4200. The van der Waals surface area contributed by atoms with Gasteiger partial charge in [0.2, 0.25) is 23.6 Å². The fraction of sp³-hybridized carbons (Fsp3) is 0.184. The molecule has 6 heterocycles. The highest BCUT2D eigenvalue weighted by Crippen LogP contribution is 2.43. The maximum atomic E-state index is 14.8. The molecule has 14 heteroatoms. The van der Waals surface area contributed by atoms with E-state index < -0.39 is 11.8 Å². The fourth-order valence-electron chi connectivity index (χ4n) is 12.7. The molecule has 0 aliphatic carbocycles. The Morgan fingerprint density at radius 1 is 0.456 bits per heavy atom. The summed E-state index contributed by atoms with van der Waals surface area (Å²) in [5.74, 6) is -0.379. The van der Waals surface area contributed by atoms with Crippen LogP contribution in [0.1, 0.15) is 76.0 Å². The van der Waals surface area contributed by atoms with Crippen molar-refractivity contribution in [3.05, 3.63) is 266 Å². The number of H-pyrrole nitrogens is 2. The average Bonchev–Trinajstić information content (AvgIpc) is 1.63. The van der Waals surface area contributed by atoms with Crippen LogP contribution in [-0.4, -0.2) is 77.9 Å². The monoisotopic (exact) mass is 1190 g/mol. The molecule has 450 valence electrons. The third-order valence-electron chi connectivity index (χ3n) is 16.7. The molecule has 90 heavy (non-hydrogen) atoms. The third-order valence-corrected chi connectivity index (χ3v) is 16.7. The van der Waals surface area contributed by atoms with Gasteiger partial charge < -0.3 is 29.6 Å². The molecule has 0 saturated carbocycles. The van der Waals surface area contributed by atoms with Gasteiger partial charge in [0.1, 0.15) is 30.7 Å². The van der Waals surface area contributed by atoms with Crippen molar-refractivity contribution >= 4 is 68.2 Å². The van der Waals surface area contributed by atoms with Crippen LogP contribution >= 0.6 is 0 Å². The number of fused-ring (bicyclic) bond motifs is 8. The Kier molecular flexibility index (Phi) is 17.3. The van der Waals surface area contributed by atoms with Crippen LogP contribution in [0.5, 0.6) is 0 Å². The summed E-state index contributed by atoms with van der Waals surface area (Å²) < 4.78 is 4.20. The van der Waals surface area contributed by atoms with E-state index in [4.69, 9.17) is 9.97 Å². The number of benzene rings is 8. The van der Waals surface area contributed by atoms with E-state index in [1.165, 1.54) is 0 Å². The Hall–Kier alpha value is -10.9. The molecule has 0 radical (unpaired) electrons. The maximum Gasteiger partial charge on any atom is 0.247 e. The van der Waals surface area contributed by atoms with Crippen LogP contribution in [0.3, 0.4) is 0 Å². The second-order valence-electron chi connectivity index (χ2n) is 22.9. The zero-order chi connectivity index (χ0) is 62.4. The number of nitrogens with one attached hydrogen (secondary N) is 2. The molecule has 2 unspecified atom stereocenters. The SMILES string of the molecule is CC.CC(C)N(C(=O)CN1C(=O)C(Cc2c[nH]c3ccccc23)c2cnc(-c3ccccc3)n2-c2ccccc21)c1ccccc1.CC(C)N(C(=O)CN1C(=O)C(Cc2c[nH]c3ccccc23)c2ncc(-c3ccccc3)n2-c2ccccc21)c1ccccc1. The molecule has 0 fully saturated rings. The van der Waals surface area contributed by atoms with Crippen LogP contribution < -0.4 is 19.6 Å². The zero-order valence-corrected chi connectivity index (χ0v) is 51.4. The summed E-state index contributed by atoms with van der Waals surface area (Å²) >= 11 is 0. The number of hydrogen-bond donors (Lipinski definition) is 2. The molecule has 0 bridgehead atoms. The van der Waals surface area contributed by atoms with Gasteiger partial charge in [0.15, 0.2) is 0 Å². The van der Waals surface area contributed by atoms with Crippen molar-refractivity contribution < 1.29 is 19.2 Å². The molecule has 8 aromatic carbocycles. The summed E-state index contributed by atoms with van der Waals surface area (Å²) in [6.45, 7) is 11.8. The highest BCUT2D eigenvalue weighted by Gasteiger charge is 2.41. The number of rotatable bonds is 14. The van der Waals surface area contributed by atoms with Gasteiger partial charge in [0, 0.05) is 68.8 Å². The smallest absolute Gasteiger partial charge is 0.247 e. The van der Waals surface area contributed by atoms with Gasteiger partial charge in [-0.05, 0) is 112 Å². The molecule has 14 rings (SSSR count). The minimum Gasteiger partial charge on any atom is -0.361 e. The lowest BCUT2D eigenvalue weighted by atomic mass is 9.94. The quantitative estimate of drug-likeness (QED) is 0.111. The molecule has 0 saturated heterocycles. The van der Waals surface area contributed by atoms with E-state index in [2.05, 4.69) is 43.4 Å². The molecule has 14 nitrogen and oxygen atoms in total. The fourth-order valence-corrected chi connectivity index (χ4v) is 12.7. The molecule has 2 atom stereocenters. The van der Waals surface area contributed by atoms with Crippen LogP contribution in [-0.2, 0) is 32.0 Å². The number of para-hydroxylation sites is 8. The topological polar surface area (TPSA) is 148 Å². The van der Waals surface area contributed by atoms with Crippen molar-refractivity contribution in [2.24, 2.45) is 0 Å². The van der Waals surface area contributed by atoms with Crippen LogP contribution in [0.2, 0.25) is 0 Å². The van der Waals surface area contributed by atoms with Crippen molar-refractivity contribution in [2.75, 3.05) is 32.7 Å². The Labute approximate surface area is 524 Å². The van der Waals surface area contributed by atoms with Crippen molar-refractivity contribution in [2.45, 2.75) is 78.3 Å². The highest BCUT2D eigenvalue weighted by molar-refractivity contribution is 6.09. The molecular weight excluding hydrogens is 1120 g/mol. The van der Waals surface area contributed by atoms with E-state index in [0.717, 1.165) is 84.0 Å². The highest BCUT2D eigenvalue weighted by atomic mass is 16.2. The standard InChI is InChI=1S/2C37H33N5O2.C2H6/c1-25(2)41(28-15-7-4-8-16-28)35(43)24-40-32-19-11-12-20-33(32)42-34(23-39-36(42)26-13-5-3-6-14-26)30(37(40)44)21-27-22-38-31-18-10-9-17-29(27)31;1-25(2)41(28-15-7-4-8-16-28)35(43)24-40-32-19-11-12-20-33(32)42-34(26-13-5-3-6-14-26)23-39-36(42)30(37(40)44)21-27-22-38-31-18-10-9-17-29(27)31;1-2/h2*3-20,22-23,25,30,38H,21,24H2,1-2H3;1-2H3. The minimum absolute atomic E-state index is 0.0908. The van der Waals surface area contributed by atoms with Gasteiger partial charge in [0.25, 0.3) is 0 Å². The third kappa shape index (κ3) is 11.5. The van der Waals surface area contributed by atoms with Crippen molar-refractivity contribution in [1.29, 1.82) is 0 Å². The van der Waals surface area contributed by atoms with Crippen LogP contribution in [0.4, 0.5) is 22.7 Å². The number of amides is 4. The van der Waals surface area contributed by atoms with Crippen LogP contribution in [0, 0.1) is 0 Å².